The molecule has 1 aromatic carbocycles. The number of nitrogens with zero attached hydrogens (tertiary/aromatic N) is 1. The Hall–Kier alpha value is -1.20. The molecule has 0 aromatic heterocycles. The zero-order valence-electron chi connectivity index (χ0n) is 15.8. The average Bonchev–Trinajstić information content (AvgIpc) is 2.41. The Labute approximate surface area is 151 Å². The van der Waals surface area contributed by atoms with Crippen molar-refractivity contribution in [2.24, 2.45) is 0 Å². The molecule has 24 heavy (non-hydrogen) atoms. The molecule has 1 aromatic rings. The van der Waals surface area contributed by atoms with Crippen LogP contribution in [0.4, 0.5) is 0 Å². The van der Waals surface area contributed by atoms with E-state index in [0.29, 0.717) is 12.4 Å². The Morgan fingerprint density at radius 3 is 2.46 bits per heavy atom. The van der Waals surface area contributed by atoms with Crippen LogP contribution in [-0.2, 0) is 11.2 Å². The fraction of sp³-hybridized carbons (Fsp3) is 0.632. The highest BCUT2D eigenvalue weighted by Crippen LogP contribution is 2.30. The van der Waals surface area contributed by atoms with Crippen LogP contribution in [0.25, 0.3) is 0 Å². The fourth-order valence-electron chi connectivity index (χ4n) is 2.26. The van der Waals surface area contributed by atoms with Gasteiger partial charge in [0.1, 0.15) is 18.1 Å². The Morgan fingerprint density at radius 1 is 1.25 bits per heavy atom. The molecule has 0 heterocycles. The molecule has 0 atom stereocenters. The van der Waals surface area contributed by atoms with E-state index in [9.17, 15) is 4.79 Å². The van der Waals surface area contributed by atoms with Gasteiger partial charge in [0, 0.05) is 11.3 Å². The summed E-state index contributed by atoms with van der Waals surface area (Å²) in [6.45, 7) is 9.35. The lowest BCUT2D eigenvalue weighted by molar-refractivity contribution is -0.134. The minimum atomic E-state index is -0.382. The molecule has 0 fully saturated rings. The van der Waals surface area contributed by atoms with E-state index >= 15 is 0 Å². The smallest absolute Gasteiger partial charge is 0.312 e. The van der Waals surface area contributed by atoms with Crippen LogP contribution in [0.15, 0.2) is 12.1 Å². The van der Waals surface area contributed by atoms with E-state index in [1.807, 2.05) is 47.0 Å². The van der Waals surface area contributed by atoms with Gasteiger partial charge in [0.2, 0.25) is 0 Å². The van der Waals surface area contributed by atoms with Gasteiger partial charge in [-0.25, -0.2) is 0 Å². The first kappa shape index (κ1) is 20.8. The van der Waals surface area contributed by atoms with Gasteiger partial charge >= 0.3 is 5.97 Å². The summed E-state index contributed by atoms with van der Waals surface area (Å²) in [5, 5.41) is 0. The molecular weight excluding hydrogens is 322 g/mol. The number of aryl methyl sites for hydroxylation is 2. The monoisotopic (exact) mass is 353 g/mol. The molecule has 5 heteroatoms. The maximum Gasteiger partial charge on any atom is 0.312 e. The van der Waals surface area contributed by atoms with Crippen molar-refractivity contribution in [2.45, 2.75) is 51.7 Å². The number of hydrogen-bond donors (Lipinski definition) is 1. The van der Waals surface area contributed by atoms with Crippen LogP contribution in [0.5, 0.6) is 11.5 Å². The van der Waals surface area contributed by atoms with Crippen LogP contribution in [0.1, 0.15) is 44.7 Å². The molecule has 0 saturated carbocycles. The number of hydrogen-bond acceptors (Lipinski definition) is 5. The molecule has 136 valence electrons. The Balaban J connectivity index is 2.91. The fourth-order valence-corrected chi connectivity index (χ4v) is 2.39. The van der Waals surface area contributed by atoms with E-state index in [0.717, 1.165) is 36.3 Å². The lowest BCUT2D eigenvalue weighted by atomic mass is 10.1. The highest BCUT2D eigenvalue weighted by atomic mass is 32.1. The van der Waals surface area contributed by atoms with Gasteiger partial charge in [-0.05, 0) is 50.7 Å². The summed E-state index contributed by atoms with van der Waals surface area (Å²) in [5.41, 5.74) is 1.98. The van der Waals surface area contributed by atoms with Crippen LogP contribution in [0.2, 0.25) is 0 Å². The first-order chi connectivity index (χ1) is 11.1. The molecule has 0 aliphatic heterocycles. The maximum atomic E-state index is 12.1. The molecule has 0 aliphatic carbocycles. The van der Waals surface area contributed by atoms with E-state index < -0.39 is 0 Å². The molecular formula is C19H31NO3S. The van der Waals surface area contributed by atoms with Gasteiger partial charge in [-0.2, -0.15) is 12.6 Å². The van der Waals surface area contributed by atoms with Crippen LogP contribution < -0.4 is 9.47 Å². The number of carbonyl (C=O) groups is 1. The highest BCUT2D eigenvalue weighted by Gasteiger charge is 2.20. The van der Waals surface area contributed by atoms with Crippen molar-refractivity contribution in [3.63, 3.8) is 0 Å². The molecule has 0 saturated heterocycles. The van der Waals surface area contributed by atoms with Gasteiger partial charge in [0.05, 0.1) is 6.42 Å². The second kappa shape index (κ2) is 9.33. The molecule has 0 N–H and O–H groups in total. The largest absolute Gasteiger partial charge is 0.492 e. The van der Waals surface area contributed by atoms with E-state index in [1.165, 1.54) is 0 Å². The van der Waals surface area contributed by atoms with Crippen molar-refractivity contribution in [1.82, 2.24) is 4.90 Å². The van der Waals surface area contributed by atoms with Gasteiger partial charge in [-0.3, -0.25) is 4.79 Å². The van der Waals surface area contributed by atoms with E-state index in [4.69, 9.17) is 9.47 Å². The van der Waals surface area contributed by atoms with Gasteiger partial charge in [-0.1, -0.05) is 27.2 Å². The SMILES string of the molecule is CCCc1cc(OC(=O)CC(C)(C)S)c(C)cc1OCCN(C)C. The number of rotatable bonds is 9. The third-order valence-corrected chi connectivity index (χ3v) is 3.63. The van der Waals surface area contributed by atoms with Gasteiger partial charge in [-0.15, -0.1) is 0 Å². The number of esters is 1. The topological polar surface area (TPSA) is 38.8 Å². The predicted molar refractivity (Wildman–Crippen MR) is 103 cm³/mol. The molecule has 4 nitrogen and oxygen atoms in total. The second-order valence-electron chi connectivity index (χ2n) is 7.09. The zero-order chi connectivity index (χ0) is 18.3. The quantitative estimate of drug-likeness (QED) is 0.415. The molecule has 0 aliphatic rings. The summed E-state index contributed by atoms with van der Waals surface area (Å²) in [4.78, 5) is 14.2. The zero-order valence-corrected chi connectivity index (χ0v) is 16.7. The third kappa shape index (κ3) is 7.58. The Morgan fingerprint density at radius 2 is 1.92 bits per heavy atom. The summed E-state index contributed by atoms with van der Waals surface area (Å²) in [5.74, 6) is 1.23. The lowest BCUT2D eigenvalue weighted by Gasteiger charge is -2.18. The lowest BCUT2D eigenvalue weighted by Crippen LogP contribution is -2.21. The van der Waals surface area contributed by atoms with Gasteiger partial charge < -0.3 is 14.4 Å². The number of carbonyl (C=O) groups excluding carboxylic acids is 1. The van der Waals surface area contributed by atoms with E-state index in [-0.39, 0.29) is 17.1 Å². The summed E-state index contributed by atoms with van der Waals surface area (Å²) in [7, 11) is 4.04. The third-order valence-electron chi connectivity index (χ3n) is 3.47. The minimum Gasteiger partial charge on any atom is -0.492 e. The normalized spacial score (nSPS) is 11.7. The van der Waals surface area contributed by atoms with Crippen molar-refractivity contribution in [1.29, 1.82) is 0 Å². The van der Waals surface area contributed by atoms with Crippen molar-refractivity contribution >= 4 is 18.6 Å². The molecule has 0 bridgehead atoms. The standard InChI is InChI=1S/C19H31NO3S/c1-7-8-15-12-16(23-18(21)13-19(3,4)24)14(2)11-17(15)22-10-9-20(5)6/h11-12,24H,7-10,13H2,1-6H3. The summed E-state index contributed by atoms with van der Waals surface area (Å²) in [6.07, 6.45) is 2.16. The van der Waals surface area contributed by atoms with Crippen LogP contribution >= 0.6 is 12.6 Å². The molecule has 1 rings (SSSR count). The number of likely N-dealkylation sites (N-methyl/N-ethyl adjacent to an activating group) is 1. The first-order valence-electron chi connectivity index (χ1n) is 8.46. The van der Waals surface area contributed by atoms with Crippen LogP contribution in [0, 0.1) is 6.92 Å². The highest BCUT2D eigenvalue weighted by molar-refractivity contribution is 7.81. The molecule has 0 radical (unpaired) electrons. The summed E-state index contributed by atoms with van der Waals surface area (Å²) in [6, 6.07) is 3.91. The van der Waals surface area contributed by atoms with Crippen molar-refractivity contribution in [3.05, 3.63) is 23.3 Å². The Bertz CT molecular complexity index is 550. The summed E-state index contributed by atoms with van der Waals surface area (Å²) < 4.78 is 11.1. The second-order valence-corrected chi connectivity index (χ2v) is 8.30. The maximum absolute atomic E-state index is 12.1. The van der Waals surface area contributed by atoms with Crippen LogP contribution in [-0.4, -0.2) is 42.9 Å². The van der Waals surface area contributed by atoms with E-state index in [2.05, 4.69) is 24.5 Å². The minimum absolute atomic E-state index is 0.262. The summed E-state index contributed by atoms with van der Waals surface area (Å²) >= 11 is 4.39. The average molecular weight is 354 g/mol. The van der Waals surface area contributed by atoms with Crippen molar-refractivity contribution < 1.29 is 14.3 Å². The first-order valence-corrected chi connectivity index (χ1v) is 8.91. The number of thiol groups is 1. The van der Waals surface area contributed by atoms with Crippen LogP contribution in [0.3, 0.4) is 0 Å². The number of benzene rings is 1. The van der Waals surface area contributed by atoms with Gasteiger partial charge in [0.25, 0.3) is 0 Å². The predicted octanol–water partition coefficient (Wildman–Crippen LogP) is 3.89. The molecule has 0 spiro atoms. The Kier molecular flexibility index (Phi) is 8.10. The van der Waals surface area contributed by atoms with Gasteiger partial charge in [0.15, 0.2) is 0 Å². The molecule has 0 amide bonds. The van der Waals surface area contributed by atoms with Crippen molar-refractivity contribution in [2.75, 3.05) is 27.2 Å². The van der Waals surface area contributed by atoms with E-state index in [1.54, 1.807) is 0 Å². The number of ether oxygens (including phenoxy) is 2. The molecule has 0 unspecified atom stereocenters. The van der Waals surface area contributed by atoms with Crippen molar-refractivity contribution in [3.8, 4) is 11.5 Å².